The topological polar surface area (TPSA) is 15.6 Å². The van der Waals surface area contributed by atoms with Crippen LogP contribution in [0.25, 0.3) is 0 Å². The lowest BCUT2D eigenvalue weighted by Gasteiger charge is -2.13. The van der Waals surface area contributed by atoms with Crippen molar-refractivity contribution >= 4 is 11.4 Å². The minimum absolute atomic E-state index is 1.00. The molecule has 0 aliphatic rings. The molecule has 0 aliphatic carbocycles. The van der Waals surface area contributed by atoms with Crippen LogP contribution in [0.15, 0.2) is 48.2 Å². The van der Waals surface area contributed by atoms with Crippen LogP contribution in [0.5, 0.6) is 0 Å². The van der Waals surface area contributed by atoms with Gasteiger partial charge >= 0.3 is 0 Å². The van der Waals surface area contributed by atoms with Gasteiger partial charge in [-0.3, -0.25) is 0 Å². The molecule has 0 amide bonds. The van der Waals surface area contributed by atoms with E-state index in [1.165, 1.54) is 0 Å². The summed E-state index contributed by atoms with van der Waals surface area (Å²) in [5, 5.41) is 6.06. The van der Waals surface area contributed by atoms with Gasteiger partial charge in [0, 0.05) is 11.9 Å². The van der Waals surface area contributed by atoms with Gasteiger partial charge in [0.1, 0.15) is 0 Å². The second-order valence-electron chi connectivity index (χ2n) is 2.91. The molecule has 1 aromatic rings. The molecule has 0 saturated heterocycles. The molecular formula is C11H14N2. The van der Waals surface area contributed by atoms with Crippen LogP contribution in [-0.2, 0) is 0 Å². The Morgan fingerprint density at radius 1 is 1.31 bits per heavy atom. The van der Waals surface area contributed by atoms with Gasteiger partial charge in [-0.25, -0.2) is 5.01 Å². The Morgan fingerprint density at radius 3 is 2.38 bits per heavy atom. The lowest BCUT2D eigenvalue weighted by atomic mass is 10.3. The zero-order valence-electron chi connectivity index (χ0n) is 8.07. The third-order valence-electron chi connectivity index (χ3n) is 1.50. The van der Waals surface area contributed by atoms with E-state index < -0.39 is 0 Å². The molecule has 1 rings (SSSR count). The summed E-state index contributed by atoms with van der Waals surface area (Å²) in [5.41, 5.74) is 2.03. The van der Waals surface area contributed by atoms with E-state index in [2.05, 4.69) is 11.7 Å². The number of rotatable bonds is 3. The molecule has 2 heteroatoms. The third-order valence-corrected chi connectivity index (χ3v) is 1.50. The molecule has 0 spiro atoms. The minimum atomic E-state index is 1.00. The Morgan fingerprint density at radius 2 is 1.92 bits per heavy atom. The van der Waals surface area contributed by atoms with Crippen molar-refractivity contribution < 1.29 is 0 Å². The monoisotopic (exact) mass is 174 g/mol. The van der Waals surface area contributed by atoms with Gasteiger partial charge in [0.2, 0.25) is 0 Å². The maximum atomic E-state index is 4.30. The highest BCUT2D eigenvalue weighted by atomic mass is 15.4. The van der Waals surface area contributed by atoms with E-state index in [9.17, 15) is 0 Å². The van der Waals surface area contributed by atoms with Crippen LogP contribution in [-0.4, -0.2) is 5.71 Å². The van der Waals surface area contributed by atoms with Crippen molar-refractivity contribution in [1.29, 1.82) is 0 Å². The van der Waals surface area contributed by atoms with Gasteiger partial charge in [-0.15, -0.1) is 0 Å². The fraction of sp³-hybridized carbons (Fsp3) is 0.182. The van der Waals surface area contributed by atoms with Gasteiger partial charge in [-0.2, -0.15) is 5.10 Å². The number of hydrogen-bond donors (Lipinski definition) is 0. The van der Waals surface area contributed by atoms with E-state index in [-0.39, 0.29) is 0 Å². The van der Waals surface area contributed by atoms with Gasteiger partial charge in [0.05, 0.1) is 5.69 Å². The molecule has 0 saturated carbocycles. The van der Waals surface area contributed by atoms with Gasteiger partial charge in [-0.05, 0) is 26.0 Å². The van der Waals surface area contributed by atoms with E-state index in [0.29, 0.717) is 0 Å². The lowest BCUT2D eigenvalue weighted by Crippen LogP contribution is -2.08. The summed E-state index contributed by atoms with van der Waals surface area (Å²) in [4.78, 5) is 0. The SMILES string of the molecule is C=CN(N=C(C)C)c1ccccc1. The average molecular weight is 174 g/mol. The molecular weight excluding hydrogens is 160 g/mol. The summed E-state index contributed by atoms with van der Waals surface area (Å²) in [6.45, 7) is 7.62. The first-order chi connectivity index (χ1) is 6.24. The van der Waals surface area contributed by atoms with Crippen molar-refractivity contribution in [1.82, 2.24) is 0 Å². The number of para-hydroxylation sites is 1. The Kier molecular flexibility index (Phi) is 3.26. The highest BCUT2D eigenvalue weighted by Crippen LogP contribution is 2.13. The van der Waals surface area contributed by atoms with Gasteiger partial charge < -0.3 is 0 Å². The highest BCUT2D eigenvalue weighted by molar-refractivity contribution is 5.80. The summed E-state index contributed by atoms with van der Waals surface area (Å²) in [6, 6.07) is 9.92. The number of hydrazone groups is 1. The molecule has 68 valence electrons. The largest absolute Gasteiger partial charge is 0.242 e. The average Bonchev–Trinajstić information content (AvgIpc) is 2.15. The first-order valence-electron chi connectivity index (χ1n) is 4.22. The molecule has 13 heavy (non-hydrogen) atoms. The van der Waals surface area contributed by atoms with Crippen molar-refractivity contribution in [2.75, 3.05) is 5.01 Å². The van der Waals surface area contributed by atoms with Crippen LogP contribution < -0.4 is 5.01 Å². The van der Waals surface area contributed by atoms with Gasteiger partial charge in [-0.1, -0.05) is 24.8 Å². The third kappa shape index (κ3) is 2.75. The van der Waals surface area contributed by atoms with Crippen molar-refractivity contribution in [3.63, 3.8) is 0 Å². The highest BCUT2D eigenvalue weighted by Gasteiger charge is 1.97. The quantitative estimate of drug-likeness (QED) is 0.508. The summed E-state index contributed by atoms with van der Waals surface area (Å²) in [7, 11) is 0. The smallest absolute Gasteiger partial charge is 0.0645 e. The Balaban J connectivity index is 2.92. The molecule has 0 heterocycles. The number of nitrogens with zero attached hydrogens (tertiary/aromatic N) is 2. The maximum Gasteiger partial charge on any atom is 0.0645 e. The molecule has 0 radical (unpaired) electrons. The summed E-state index contributed by atoms with van der Waals surface area (Å²) in [5.74, 6) is 0. The maximum absolute atomic E-state index is 4.30. The molecule has 0 atom stereocenters. The second-order valence-corrected chi connectivity index (χ2v) is 2.91. The molecule has 2 nitrogen and oxygen atoms in total. The molecule has 0 bridgehead atoms. The van der Waals surface area contributed by atoms with Crippen molar-refractivity contribution in [2.24, 2.45) is 5.10 Å². The molecule has 0 N–H and O–H groups in total. The standard InChI is InChI=1S/C11H14N2/c1-4-13(12-10(2)3)11-8-6-5-7-9-11/h4-9H,1H2,2-3H3. The van der Waals surface area contributed by atoms with Crippen LogP contribution in [0.1, 0.15) is 13.8 Å². The van der Waals surface area contributed by atoms with E-state index >= 15 is 0 Å². The number of anilines is 1. The van der Waals surface area contributed by atoms with Gasteiger partial charge in [0.25, 0.3) is 0 Å². The van der Waals surface area contributed by atoms with Crippen LogP contribution in [0.2, 0.25) is 0 Å². The first kappa shape index (κ1) is 9.52. The van der Waals surface area contributed by atoms with E-state index in [1.54, 1.807) is 11.2 Å². The van der Waals surface area contributed by atoms with E-state index in [0.717, 1.165) is 11.4 Å². The predicted octanol–water partition coefficient (Wildman–Crippen LogP) is 3.03. The first-order valence-corrected chi connectivity index (χ1v) is 4.22. The van der Waals surface area contributed by atoms with Crippen LogP contribution in [0.4, 0.5) is 5.69 Å². The zero-order chi connectivity index (χ0) is 9.68. The van der Waals surface area contributed by atoms with E-state index in [1.807, 2.05) is 44.2 Å². The molecule has 0 aliphatic heterocycles. The fourth-order valence-electron chi connectivity index (χ4n) is 1.00. The van der Waals surface area contributed by atoms with Crippen LogP contribution >= 0.6 is 0 Å². The molecule has 0 unspecified atom stereocenters. The normalized spacial score (nSPS) is 9.08. The summed E-state index contributed by atoms with van der Waals surface area (Å²) < 4.78 is 0. The number of benzene rings is 1. The Labute approximate surface area is 79.2 Å². The Bertz CT molecular complexity index is 297. The van der Waals surface area contributed by atoms with Crippen LogP contribution in [0.3, 0.4) is 0 Å². The lowest BCUT2D eigenvalue weighted by molar-refractivity contribution is 1.07. The zero-order valence-corrected chi connectivity index (χ0v) is 8.07. The summed E-state index contributed by atoms with van der Waals surface area (Å²) >= 11 is 0. The molecule has 1 aromatic carbocycles. The number of hydrogen-bond acceptors (Lipinski definition) is 2. The fourth-order valence-corrected chi connectivity index (χ4v) is 1.00. The van der Waals surface area contributed by atoms with E-state index in [4.69, 9.17) is 0 Å². The minimum Gasteiger partial charge on any atom is -0.242 e. The van der Waals surface area contributed by atoms with Crippen molar-refractivity contribution in [3.8, 4) is 0 Å². The van der Waals surface area contributed by atoms with Crippen molar-refractivity contribution in [2.45, 2.75) is 13.8 Å². The van der Waals surface area contributed by atoms with Crippen molar-refractivity contribution in [3.05, 3.63) is 43.1 Å². The Hall–Kier alpha value is -1.57. The van der Waals surface area contributed by atoms with Crippen LogP contribution in [0, 0.1) is 0 Å². The van der Waals surface area contributed by atoms with Gasteiger partial charge in [0.15, 0.2) is 0 Å². The molecule has 0 aromatic heterocycles. The summed E-state index contributed by atoms with van der Waals surface area (Å²) in [6.07, 6.45) is 1.70. The second kappa shape index (κ2) is 4.45. The molecule has 0 fully saturated rings. The predicted molar refractivity (Wildman–Crippen MR) is 57.9 cm³/mol.